The Morgan fingerprint density at radius 1 is 1.33 bits per heavy atom. The fourth-order valence-electron chi connectivity index (χ4n) is 2.46. The fourth-order valence-corrected chi connectivity index (χ4v) is 2.68. The molecule has 0 saturated carbocycles. The zero-order chi connectivity index (χ0) is 17.5. The van der Waals surface area contributed by atoms with Crippen molar-refractivity contribution in [2.24, 2.45) is 0 Å². The van der Waals surface area contributed by atoms with Gasteiger partial charge in [-0.1, -0.05) is 11.6 Å². The molecule has 1 N–H and O–H groups in total. The average Bonchev–Trinajstić information content (AvgIpc) is 2.56. The predicted octanol–water partition coefficient (Wildman–Crippen LogP) is 0.941. The van der Waals surface area contributed by atoms with Crippen molar-refractivity contribution in [3.8, 4) is 6.07 Å². The van der Waals surface area contributed by atoms with E-state index in [9.17, 15) is 9.59 Å². The Balaban J connectivity index is 1.81. The van der Waals surface area contributed by atoms with Crippen molar-refractivity contribution in [1.29, 1.82) is 5.26 Å². The minimum Gasteiger partial charge on any atom is -0.375 e. The van der Waals surface area contributed by atoms with Crippen LogP contribution in [0.4, 0.5) is 5.69 Å². The molecule has 2 rings (SSSR count). The van der Waals surface area contributed by atoms with E-state index in [1.54, 1.807) is 23.1 Å². The van der Waals surface area contributed by atoms with Gasteiger partial charge in [-0.3, -0.25) is 14.5 Å². The molecule has 0 radical (unpaired) electrons. The number of nitrogens with one attached hydrogen (secondary N) is 1. The molecule has 1 aliphatic heterocycles. The monoisotopic (exact) mass is 350 g/mol. The van der Waals surface area contributed by atoms with Crippen LogP contribution < -0.4 is 5.32 Å². The predicted molar refractivity (Wildman–Crippen MR) is 89.7 cm³/mol. The van der Waals surface area contributed by atoms with Crippen LogP contribution in [0.5, 0.6) is 0 Å². The van der Waals surface area contributed by atoms with Crippen molar-refractivity contribution in [3.63, 3.8) is 0 Å². The van der Waals surface area contributed by atoms with Crippen molar-refractivity contribution >= 4 is 29.1 Å². The lowest BCUT2D eigenvalue weighted by Crippen LogP contribution is -2.51. The third kappa shape index (κ3) is 4.93. The summed E-state index contributed by atoms with van der Waals surface area (Å²) in [7, 11) is 1.49. The van der Waals surface area contributed by atoms with Gasteiger partial charge in [-0.25, -0.2) is 0 Å². The van der Waals surface area contributed by atoms with Crippen molar-refractivity contribution < 1.29 is 14.3 Å². The van der Waals surface area contributed by atoms with Gasteiger partial charge in [0.15, 0.2) is 0 Å². The molecule has 2 amide bonds. The number of piperazine rings is 1. The van der Waals surface area contributed by atoms with Gasteiger partial charge in [0.05, 0.1) is 17.1 Å². The summed E-state index contributed by atoms with van der Waals surface area (Å²) in [6, 6.07) is 6.73. The highest BCUT2D eigenvalue weighted by Crippen LogP contribution is 2.20. The number of rotatable bonds is 5. The topological polar surface area (TPSA) is 85.7 Å². The summed E-state index contributed by atoms with van der Waals surface area (Å²) in [6.45, 7) is 2.76. The lowest BCUT2D eigenvalue weighted by Gasteiger charge is -2.34. The molecule has 1 aromatic carbocycles. The SMILES string of the molecule is COCC(=O)N1CCN(CC(=O)Nc2ccc(C#N)c(Cl)c2)CC1. The molecular weight excluding hydrogens is 332 g/mol. The molecule has 1 aromatic rings. The summed E-state index contributed by atoms with van der Waals surface area (Å²) in [5.74, 6) is -0.193. The number of halogens is 1. The zero-order valence-electron chi connectivity index (χ0n) is 13.4. The summed E-state index contributed by atoms with van der Waals surface area (Å²) in [5, 5.41) is 11.9. The lowest BCUT2D eigenvalue weighted by molar-refractivity contribution is -0.137. The first-order valence-electron chi connectivity index (χ1n) is 7.52. The number of nitriles is 1. The standard InChI is InChI=1S/C16H19ClN4O3/c1-24-11-16(23)21-6-4-20(5-7-21)10-15(22)19-13-3-2-12(9-18)14(17)8-13/h2-3,8H,4-7,10-11H2,1H3,(H,19,22). The highest BCUT2D eigenvalue weighted by Gasteiger charge is 2.22. The number of amides is 2. The van der Waals surface area contributed by atoms with Gasteiger partial charge in [-0.05, 0) is 18.2 Å². The van der Waals surface area contributed by atoms with Crippen LogP contribution in [0.15, 0.2) is 18.2 Å². The van der Waals surface area contributed by atoms with Crippen LogP contribution in [0.25, 0.3) is 0 Å². The van der Waals surface area contributed by atoms with Crippen LogP contribution in [0, 0.1) is 11.3 Å². The molecule has 7 nitrogen and oxygen atoms in total. The van der Waals surface area contributed by atoms with E-state index in [0.29, 0.717) is 42.5 Å². The van der Waals surface area contributed by atoms with Crippen LogP contribution in [-0.2, 0) is 14.3 Å². The van der Waals surface area contributed by atoms with E-state index in [-0.39, 0.29) is 25.0 Å². The minimum absolute atomic E-state index is 0.0335. The smallest absolute Gasteiger partial charge is 0.248 e. The van der Waals surface area contributed by atoms with E-state index in [4.69, 9.17) is 21.6 Å². The third-order valence-corrected chi connectivity index (χ3v) is 4.05. The molecule has 0 aliphatic carbocycles. The van der Waals surface area contributed by atoms with Gasteiger partial charge in [0.25, 0.3) is 0 Å². The molecule has 128 valence electrons. The van der Waals surface area contributed by atoms with Crippen LogP contribution >= 0.6 is 11.6 Å². The highest BCUT2D eigenvalue weighted by atomic mass is 35.5. The number of methoxy groups -OCH3 is 1. The summed E-state index contributed by atoms with van der Waals surface area (Å²) >= 11 is 5.94. The van der Waals surface area contributed by atoms with Crippen LogP contribution in [-0.4, -0.2) is 68.1 Å². The minimum atomic E-state index is -0.160. The van der Waals surface area contributed by atoms with Crippen molar-refractivity contribution in [3.05, 3.63) is 28.8 Å². The first-order chi connectivity index (χ1) is 11.5. The Hall–Kier alpha value is -2.14. The summed E-state index contributed by atoms with van der Waals surface area (Å²) in [5.41, 5.74) is 0.921. The quantitative estimate of drug-likeness (QED) is 0.854. The molecule has 0 bridgehead atoms. The number of benzene rings is 1. The maximum absolute atomic E-state index is 12.1. The highest BCUT2D eigenvalue weighted by molar-refractivity contribution is 6.32. The Morgan fingerprint density at radius 2 is 2.04 bits per heavy atom. The van der Waals surface area contributed by atoms with Gasteiger partial charge < -0.3 is 15.0 Å². The average molecular weight is 351 g/mol. The summed E-state index contributed by atoms with van der Waals surface area (Å²) in [4.78, 5) is 27.5. The van der Waals surface area contributed by atoms with Gasteiger partial charge >= 0.3 is 0 Å². The number of anilines is 1. The largest absolute Gasteiger partial charge is 0.375 e. The number of nitrogens with zero attached hydrogens (tertiary/aromatic N) is 3. The second-order valence-corrected chi connectivity index (χ2v) is 5.85. The van der Waals surface area contributed by atoms with E-state index in [1.165, 1.54) is 7.11 Å². The molecule has 1 heterocycles. The molecule has 1 saturated heterocycles. The van der Waals surface area contributed by atoms with Gasteiger partial charge in [0, 0.05) is 39.0 Å². The molecule has 0 atom stereocenters. The number of carbonyl (C=O) groups is 2. The van der Waals surface area contributed by atoms with Crippen molar-refractivity contribution in [2.45, 2.75) is 0 Å². The number of hydrogen-bond donors (Lipinski definition) is 1. The Morgan fingerprint density at radius 3 is 2.62 bits per heavy atom. The summed E-state index contributed by atoms with van der Waals surface area (Å²) in [6.07, 6.45) is 0. The van der Waals surface area contributed by atoms with E-state index in [0.717, 1.165) is 0 Å². The number of hydrogen-bond acceptors (Lipinski definition) is 5. The second-order valence-electron chi connectivity index (χ2n) is 5.44. The summed E-state index contributed by atoms with van der Waals surface area (Å²) < 4.78 is 4.84. The number of carbonyl (C=O) groups excluding carboxylic acids is 2. The van der Waals surface area contributed by atoms with Crippen molar-refractivity contribution in [2.75, 3.05) is 51.8 Å². The Labute approximate surface area is 145 Å². The zero-order valence-corrected chi connectivity index (χ0v) is 14.2. The molecule has 24 heavy (non-hydrogen) atoms. The molecular formula is C16H19ClN4O3. The van der Waals surface area contributed by atoms with E-state index in [1.807, 2.05) is 11.0 Å². The van der Waals surface area contributed by atoms with Crippen LogP contribution in [0.2, 0.25) is 5.02 Å². The molecule has 8 heteroatoms. The van der Waals surface area contributed by atoms with Crippen molar-refractivity contribution in [1.82, 2.24) is 9.80 Å². The van der Waals surface area contributed by atoms with Gasteiger partial charge in [0.2, 0.25) is 11.8 Å². The molecule has 0 spiro atoms. The van der Waals surface area contributed by atoms with Crippen LogP contribution in [0.1, 0.15) is 5.56 Å². The Bertz CT molecular complexity index is 651. The maximum Gasteiger partial charge on any atom is 0.248 e. The van der Waals surface area contributed by atoms with Gasteiger partial charge in [-0.2, -0.15) is 5.26 Å². The molecule has 1 aliphatic rings. The normalized spacial score (nSPS) is 15.0. The van der Waals surface area contributed by atoms with Gasteiger partial charge in [-0.15, -0.1) is 0 Å². The first-order valence-corrected chi connectivity index (χ1v) is 7.90. The number of ether oxygens (including phenoxy) is 1. The van der Waals surface area contributed by atoms with Crippen LogP contribution in [0.3, 0.4) is 0 Å². The van der Waals surface area contributed by atoms with E-state index >= 15 is 0 Å². The van der Waals surface area contributed by atoms with Gasteiger partial charge in [0.1, 0.15) is 12.7 Å². The van der Waals surface area contributed by atoms with E-state index < -0.39 is 0 Å². The third-order valence-electron chi connectivity index (χ3n) is 3.73. The first kappa shape index (κ1) is 18.2. The lowest BCUT2D eigenvalue weighted by atomic mass is 10.2. The second kappa shape index (κ2) is 8.64. The molecule has 0 unspecified atom stereocenters. The molecule has 1 fully saturated rings. The fraction of sp³-hybridized carbons (Fsp3) is 0.438. The Kier molecular flexibility index (Phi) is 6.55. The van der Waals surface area contributed by atoms with E-state index in [2.05, 4.69) is 5.32 Å². The molecule has 0 aromatic heterocycles. The maximum atomic E-state index is 12.1.